The number of benzene rings is 2. The molecule has 1 heterocycles. The summed E-state index contributed by atoms with van der Waals surface area (Å²) < 4.78 is 57.8. The Balaban J connectivity index is 1.76. The number of halogens is 4. The molecule has 0 N–H and O–H groups in total. The largest absolute Gasteiger partial charge is 0.477 e. The molecule has 7 heteroatoms. The molecule has 2 aromatic carbocycles. The van der Waals surface area contributed by atoms with Gasteiger partial charge in [0.05, 0.1) is 0 Å². The monoisotopic (exact) mass is 325 g/mol. The molecule has 0 aromatic heterocycles. The summed E-state index contributed by atoms with van der Waals surface area (Å²) in [4.78, 5) is 13.5. The van der Waals surface area contributed by atoms with Gasteiger partial charge in [-0.3, -0.25) is 4.79 Å². The van der Waals surface area contributed by atoms with Gasteiger partial charge in [-0.05, 0) is 18.1 Å². The van der Waals surface area contributed by atoms with Crippen molar-refractivity contribution in [2.24, 2.45) is 0 Å². The van der Waals surface area contributed by atoms with E-state index < -0.39 is 41.5 Å². The van der Waals surface area contributed by atoms with E-state index in [1.807, 2.05) is 12.1 Å². The maximum absolute atomic E-state index is 13.5. The van der Waals surface area contributed by atoms with Crippen LogP contribution >= 0.6 is 0 Å². The fourth-order valence-electron chi connectivity index (χ4n) is 2.49. The van der Waals surface area contributed by atoms with Gasteiger partial charge in [-0.25, -0.2) is 8.78 Å². The van der Waals surface area contributed by atoms with E-state index in [2.05, 4.69) is 0 Å². The molecule has 0 radical (unpaired) electrons. The Bertz CT molecular complexity index is 753. The first kappa shape index (κ1) is 15.3. The Labute approximate surface area is 129 Å². The summed E-state index contributed by atoms with van der Waals surface area (Å²) in [7, 11) is 0. The third kappa shape index (κ3) is 2.74. The average Bonchev–Trinajstić information content (AvgIpc) is 2.97. The van der Waals surface area contributed by atoms with Crippen molar-refractivity contribution >= 4 is 11.6 Å². The van der Waals surface area contributed by atoms with Crippen molar-refractivity contribution in [3.8, 4) is 5.75 Å². The second-order valence-corrected chi connectivity index (χ2v) is 5.01. The lowest BCUT2D eigenvalue weighted by atomic mass is 10.2. The fourth-order valence-corrected chi connectivity index (χ4v) is 2.49. The van der Waals surface area contributed by atoms with Crippen LogP contribution in [0.15, 0.2) is 30.3 Å². The quantitative estimate of drug-likeness (QED) is 0.641. The van der Waals surface area contributed by atoms with Crippen LogP contribution < -0.4 is 9.64 Å². The number of hydrogen-bond acceptors (Lipinski definition) is 2. The molecular formula is C16H11F4NO2. The van der Waals surface area contributed by atoms with Crippen LogP contribution in [-0.2, 0) is 11.2 Å². The second-order valence-electron chi connectivity index (χ2n) is 5.01. The standard InChI is InChI=1S/C16H11F4NO2/c17-10-7-11(18)15(20)16(14(10)19)23-8-13(22)21-6-5-9-3-1-2-4-12(9)21/h1-4,7H,5-6,8H2. The van der Waals surface area contributed by atoms with Gasteiger partial charge in [-0.2, -0.15) is 8.78 Å². The lowest BCUT2D eigenvalue weighted by molar-refractivity contribution is -0.120. The van der Waals surface area contributed by atoms with Gasteiger partial charge in [0.25, 0.3) is 5.91 Å². The number of ether oxygens (including phenoxy) is 1. The molecule has 23 heavy (non-hydrogen) atoms. The first-order valence-electron chi connectivity index (χ1n) is 6.83. The van der Waals surface area contributed by atoms with Crippen LogP contribution in [0.1, 0.15) is 5.56 Å². The molecule has 0 aliphatic carbocycles. The van der Waals surface area contributed by atoms with Gasteiger partial charge in [0.2, 0.25) is 11.6 Å². The lowest BCUT2D eigenvalue weighted by Crippen LogP contribution is -2.33. The summed E-state index contributed by atoms with van der Waals surface area (Å²) in [5, 5.41) is 0. The number of hydrogen-bond donors (Lipinski definition) is 0. The first-order chi connectivity index (χ1) is 11.0. The van der Waals surface area contributed by atoms with Crippen molar-refractivity contribution < 1.29 is 27.1 Å². The van der Waals surface area contributed by atoms with Crippen LogP contribution in [0.4, 0.5) is 23.2 Å². The highest BCUT2D eigenvalue weighted by atomic mass is 19.2. The molecule has 1 aliphatic rings. The normalized spacial score (nSPS) is 13.1. The molecule has 1 amide bonds. The molecular weight excluding hydrogens is 314 g/mol. The van der Waals surface area contributed by atoms with E-state index in [0.29, 0.717) is 18.7 Å². The zero-order chi connectivity index (χ0) is 16.6. The minimum atomic E-state index is -1.67. The zero-order valence-electron chi connectivity index (χ0n) is 11.8. The highest BCUT2D eigenvalue weighted by Gasteiger charge is 2.26. The SMILES string of the molecule is O=C(COc1c(F)c(F)cc(F)c1F)N1CCc2ccccc21. The smallest absolute Gasteiger partial charge is 0.264 e. The van der Waals surface area contributed by atoms with Crippen LogP contribution in [0.25, 0.3) is 0 Å². The lowest BCUT2D eigenvalue weighted by Gasteiger charge is -2.18. The van der Waals surface area contributed by atoms with Crippen LogP contribution in [0.3, 0.4) is 0 Å². The third-order valence-electron chi connectivity index (χ3n) is 3.60. The number of para-hydroxylation sites is 1. The molecule has 0 atom stereocenters. The molecule has 3 rings (SSSR count). The van der Waals surface area contributed by atoms with Crippen molar-refractivity contribution in [1.82, 2.24) is 0 Å². The number of anilines is 1. The summed E-state index contributed by atoms with van der Waals surface area (Å²) in [5.74, 6) is -8.30. The number of rotatable bonds is 3. The Morgan fingerprint density at radius 1 is 1.09 bits per heavy atom. The fraction of sp³-hybridized carbons (Fsp3) is 0.188. The summed E-state index contributed by atoms with van der Waals surface area (Å²) in [6.45, 7) is -0.324. The van der Waals surface area contributed by atoms with Gasteiger partial charge in [0.1, 0.15) is 0 Å². The molecule has 0 saturated heterocycles. The minimum absolute atomic E-state index is 0.0794. The van der Waals surface area contributed by atoms with Crippen molar-refractivity contribution in [1.29, 1.82) is 0 Å². The van der Waals surface area contributed by atoms with E-state index in [1.54, 1.807) is 12.1 Å². The summed E-state index contributed by atoms with van der Waals surface area (Å²) in [6.07, 6.45) is 0.652. The molecule has 3 nitrogen and oxygen atoms in total. The Morgan fingerprint density at radius 2 is 1.74 bits per heavy atom. The van der Waals surface area contributed by atoms with Crippen molar-refractivity contribution in [2.75, 3.05) is 18.1 Å². The molecule has 2 aromatic rings. The first-order valence-corrected chi connectivity index (χ1v) is 6.83. The zero-order valence-corrected chi connectivity index (χ0v) is 11.8. The van der Waals surface area contributed by atoms with Crippen LogP contribution in [0.2, 0.25) is 0 Å². The summed E-state index contributed by atoms with van der Waals surface area (Å²) in [6, 6.07) is 7.28. The molecule has 0 unspecified atom stereocenters. The van der Waals surface area contributed by atoms with Crippen molar-refractivity contribution in [3.05, 3.63) is 59.2 Å². The van der Waals surface area contributed by atoms with E-state index in [1.165, 1.54) is 4.90 Å². The highest BCUT2D eigenvalue weighted by Crippen LogP contribution is 2.29. The Hall–Kier alpha value is -2.57. The maximum atomic E-state index is 13.5. The predicted octanol–water partition coefficient (Wildman–Crippen LogP) is 3.21. The van der Waals surface area contributed by atoms with Gasteiger partial charge in [-0.15, -0.1) is 0 Å². The number of amides is 1. The van der Waals surface area contributed by atoms with E-state index in [4.69, 9.17) is 4.74 Å². The third-order valence-corrected chi connectivity index (χ3v) is 3.60. The van der Waals surface area contributed by atoms with E-state index in [9.17, 15) is 22.4 Å². The Morgan fingerprint density at radius 3 is 2.43 bits per heavy atom. The van der Waals surface area contributed by atoms with Crippen molar-refractivity contribution in [3.63, 3.8) is 0 Å². The molecule has 0 bridgehead atoms. The van der Waals surface area contributed by atoms with Crippen LogP contribution in [-0.4, -0.2) is 19.1 Å². The Kier molecular flexibility index (Phi) is 3.94. The number of carbonyl (C=O) groups excluding carboxylic acids is 1. The predicted molar refractivity (Wildman–Crippen MR) is 74.3 cm³/mol. The molecule has 0 fully saturated rings. The summed E-state index contributed by atoms with van der Waals surface area (Å²) >= 11 is 0. The average molecular weight is 325 g/mol. The molecule has 120 valence electrons. The van der Waals surface area contributed by atoms with Crippen LogP contribution in [0.5, 0.6) is 5.75 Å². The van der Waals surface area contributed by atoms with Crippen LogP contribution in [0, 0.1) is 23.3 Å². The van der Waals surface area contributed by atoms with Gasteiger partial charge in [-0.1, -0.05) is 18.2 Å². The number of carbonyl (C=O) groups is 1. The van der Waals surface area contributed by atoms with Gasteiger partial charge < -0.3 is 9.64 Å². The molecule has 0 saturated carbocycles. The minimum Gasteiger partial charge on any atom is -0.477 e. The molecule has 0 spiro atoms. The van der Waals surface area contributed by atoms with E-state index in [-0.39, 0.29) is 6.07 Å². The van der Waals surface area contributed by atoms with Crippen molar-refractivity contribution in [2.45, 2.75) is 6.42 Å². The van der Waals surface area contributed by atoms with E-state index >= 15 is 0 Å². The second kappa shape index (κ2) is 5.91. The summed E-state index contributed by atoms with van der Waals surface area (Å²) in [5.41, 5.74) is 1.66. The number of nitrogens with zero attached hydrogens (tertiary/aromatic N) is 1. The topological polar surface area (TPSA) is 29.5 Å². The number of fused-ring (bicyclic) bond motifs is 1. The van der Waals surface area contributed by atoms with E-state index in [0.717, 1.165) is 5.56 Å². The van der Waals surface area contributed by atoms with Gasteiger partial charge in [0.15, 0.2) is 24.0 Å². The highest BCUT2D eigenvalue weighted by molar-refractivity contribution is 5.96. The molecule has 1 aliphatic heterocycles. The van der Waals surface area contributed by atoms with Gasteiger partial charge >= 0.3 is 0 Å². The van der Waals surface area contributed by atoms with Gasteiger partial charge in [0, 0.05) is 18.3 Å². The maximum Gasteiger partial charge on any atom is 0.264 e.